The Morgan fingerprint density at radius 3 is 2.62 bits per heavy atom. The number of hydrogen-bond donors (Lipinski definition) is 2. The minimum Gasteiger partial charge on any atom is -0.481 e. The third kappa shape index (κ3) is 3.40. The Balaban J connectivity index is 2.04. The summed E-state index contributed by atoms with van der Waals surface area (Å²) in [6.45, 7) is 3.47. The van der Waals surface area contributed by atoms with Gasteiger partial charge in [0.05, 0.1) is 11.3 Å². The second kappa shape index (κ2) is 5.84. The molecule has 4 nitrogen and oxygen atoms in total. The molecular weight excluding hydrogens is 273 g/mol. The van der Waals surface area contributed by atoms with Crippen molar-refractivity contribution in [1.82, 2.24) is 5.32 Å². The molecule has 0 aliphatic heterocycles. The van der Waals surface area contributed by atoms with E-state index in [1.165, 1.54) is 12.1 Å². The summed E-state index contributed by atoms with van der Waals surface area (Å²) in [6, 6.07) is 5.87. The highest BCUT2D eigenvalue weighted by atomic mass is 19.1. The molecule has 1 aliphatic carbocycles. The molecule has 2 N–H and O–H groups in total. The molecule has 1 amide bonds. The number of rotatable bonds is 4. The van der Waals surface area contributed by atoms with Crippen molar-refractivity contribution in [1.29, 1.82) is 0 Å². The number of benzene rings is 1. The first-order valence-corrected chi connectivity index (χ1v) is 7.10. The minimum absolute atomic E-state index is 0.119. The lowest BCUT2D eigenvalue weighted by molar-refractivity contribution is -0.141. The number of aliphatic carboxylic acids is 1. The molecule has 5 heteroatoms. The van der Waals surface area contributed by atoms with E-state index in [-0.39, 0.29) is 23.7 Å². The van der Waals surface area contributed by atoms with Gasteiger partial charge in [-0.25, -0.2) is 4.39 Å². The van der Waals surface area contributed by atoms with Crippen molar-refractivity contribution >= 4 is 11.9 Å². The van der Waals surface area contributed by atoms with Crippen LogP contribution in [0.1, 0.15) is 38.7 Å². The molecule has 114 valence electrons. The van der Waals surface area contributed by atoms with Gasteiger partial charge in [-0.15, -0.1) is 0 Å². The van der Waals surface area contributed by atoms with Crippen molar-refractivity contribution < 1.29 is 19.1 Å². The van der Waals surface area contributed by atoms with E-state index in [0.717, 1.165) is 0 Å². The first kappa shape index (κ1) is 15.5. The van der Waals surface area contributed by atoms with Gasteiger partial charge in [0.15, 0.2) is 0 Å². The molecule has 0 bridgehead atoms. The zero-order valence-electron chi connectivity index (χ0n) is 12.2. The highest BCUT2D eigenvalue weighted by molar-refractivity contribution is 5.87. The van der Waals surface area contributed by atoms with Crippen LogP contribution in [0.25, 0.3) is 0 Å². The largest absolute Gasteiger partial charge is 0.481 e. The lowest BCUT2D eigenvalue weighted by atomic mass is 9.83. The summed E-state index contributed by atoms with van der Waals surface area (Å²) in [7, 11) is 0. The lowest BCUT2D eigenvalue weighted by Gasteiger charge is -2.26. The van der Waals surface area contributed by atoms with Crippen molar-refractivity contribution in [2.45, 2.75) is 44.6 Å². The topological polar surface area (TPSA) is 66.4 Å². The van der Waals surface area contributed by atoms with Gasteiger partial charge in [-0.2, -0.15) is 0 Å². The second-order valence-corrected chi connectivity index (χ2v) is 6.15. The van der Waals surface area contributed by atoms with E-state index >= 15 is 0 Å². The Kier molecular flexibility index (Phi) is 4.30. The first-order valence-electron chi connectivity index (χ1n) is 7.10. The molecule has 0 radical (unpaired) electrons. The molecule has 1 saturated carbocycles. The van der Waals surface area contributed by atoms with E-state index in [9.17, 15) is 14.0 Å². The van der Waals surface area contributed by atoms with E-state index in [0.29, 0.717) is 24.8 Å². The highest BCUT2D eigenvalue weighted by Crippen LogP contribution is 2.28. The van der Waals surface area contributed by atoms with Gasteiger partial charge in [-0.3, -0.25) is 9.59 Å². The van der Waals surface area contributed by atoms with Crippen LogP contribution in [-0.4, -0.2) is 23.0 Å². The van der Waals surface area contributed by atoms with Gasteiger partial charge >= 0.3 is 5.97 Å². The molecule has 1 fully saturated rings. The smallest absolute Gasteiger partial charge is 0.306 e. The van der Waals surface area contributed by atoms with Gasteiger partial charge in [-0.1, -0.05) is 12.1 Å². The van der Waals surface area contributed by atoms with Crippen molar-refractivity contribution in [3.05, 3.63) is 35.6 Å². The van der Waals surface area contributed by atoms with Crippen LogP contribution in [-0.2, 0) is 15.0 Å². The standard InChI is InChI=1S/C16H20FNO3/c1-16(2,11-4-3-5-12(17)9-11)15(21)18-13-7-6-10(8-13)14(19)20/h3-5,9-10,13H,6-8H2,1-2H3,(H,18,21)(H,19,20)/t10-,13+/m0/s1. The third-order valence-corrected chi connectivity index (χ3v) is 4.23. The Bertz CT molecular complexity index is 556. The fourth-order valence-corrected chi connectivity index (χ4v) is 2.71. The minimum atomic E-state index is -0.858. The number of carboxylic acid groups (broad SMARTS) is 1. The van der Waals surface area contributed by atoms with E-state index < -0.39 is 11.4 Å². The fraction of sp³-hybridized carbons (Fsp3) is 0.500. The predicted molar refractivity (Wildman–Crippen MR) is 76.3 cm³/mol. The molecule has 0 heterocycles. The summed E-state index contributed by atoms with van der Waals surface area (Å²) in [5.41, 5.74) is -0.253. The number of halogens is 1. The van der Waals surface area contributed by atoms with Crippen LogP contribution in [0.2, 0.25) is 0 Å². The Morgan fingerprint density at radius 2 is 2.05 bits per heavy atom. The third-order valence-electron chi connectivity index (χ3n) is 4.23. The van der Waals surface area contributed by atoms with Crippen molar-refractivity contribution in [3.63, 3.8) is 0 Å². The van der Waals surface area contributed by atoms with Crippen LogP contribution in [0.3, 0.4) is 0 Å². The van der Waals surface area contributed by atoms with Gasteiger partial charge in [0.2, 0.25) is 5.91 Å². The summed E-state index contributed by atoms with van der Waals surface area (Å²) in [5, 5.41) is 11.9. The molecule has 1 aliphatic rings. The summed E-state index contributed by atoms with van der Waals surface area (Å²) in [4.78, 5) is 23.4. The van der Waals surface area contributed by atoms with Gasteiger partial charge in [0.1, 0.15) is 5.82 Å². The van der Waals surface area contributed by atoms with Crippen LogP contribution in [0, 0.1) is 11.7 Å². The summed E-state index contributed by atoms with van der Waals surface area (Å²) < 4.78 is 13.3. The van der Waals surface area contributed by atoms with Crippen molar-refractivity contribution in [2.75, 3.05) is 0 Å². The molecule has 2 rings (SSSR count). The second-order valence-electron chi connectivity index (χ2n) is 6.15. The average molecular weight is 293 g/mol. The van der Waals surface area contributed by atoms with Crippen molar-refractivity contribution in [3.8, 4) is 0 Å². The van der Waals surface area contributed by atoms with Crippen LogP contribution in [0.4, 0.5) is 4.39 Å². The van der Waals surface area contributed by atoms with Crippen LogP contribution >= 0.6 is 0 Å². The van der Waals surface area contributed by atoms with E-state index in [2.05, 4.69) is 5.32 Å². The zero-order valence-corrected chi connectivity index (χ0v) is 12.2. The first-order chi connectivity index (χ1) is 9.80. The van der Waals surface area contributed by atoms with Gasteiger partial charge < -0.3 is 10.4 Å². The van der Waals surface area contributed by atoms with Crippen LogP contribution in [0.15, 0.2) is 24.3 Å². The molecule has 21 heavy (non-hydrogen) atoms. The zero-order chi connectivity index (χ0) is 15.6. The molecule has 0 aromatic heterocycles. The van der Waals surface area contributed by atoms with Crippen LogP contribution in [0.5, 0.6) is 0 Å². The Labute approximate surface area is 123 Å². The number of carbonyl (C=O) groups is 2. The summed E-state index contributed by atoms with van der Waals surface area (Å²) in [6.07, 6.45) is 1.71. The maximum absolute atomic E-state index is 13.3. The number of carboxylic acids is 1. The van der Waals surface area contributed by atoms with Crippen molar-refractivity contribution in [2.24, 2.45) is 5.92 Å². The molecule has 0 spiro atoms. The van der Waals surface area contributed by atoms with E-state index in [1.54, 1.807) is 26.0 Å². The molecule has 1 aromatic rings. The maximum atomic E-state index is 13.3. The fourth-order valence-electron chi connectivity index (χ4n) is 2.71. The Morgan fingerprint density at radius 1 is 1.33 bits per heavy atom. The van der Waals surface area contributed by atoms with Gasteiger partial charge in [0.25, 0.3) is 0 Å². The summed E-state index contributed by atoms with van der Waals surface area (Å²) >= 11 is 0. The number of hydrogen-bond acceptors (Lipinski definition) is 2. The quantitative estimate of drug-likeness (QED) is 0.896. The SMILES string of the molecule is CC(C)(C(=O)N[C@@H]1CC[C@H](C(=O)O)C1)c1cccc(F)c1. The molecular formula is C16H20FNO3. The summed E-state index contributed by atoms with van der Waals surface area (Å²) in [5.74, 6) is -1.77. The average Bonchev–Trinajstić information content (AvgIpc) is 2.87. The lowest BCUT2D eigenvalue weighted by Crippen LogP contribution is -2.44. The van der Waals surface area contributed by atoms with E-state index in [4.69, 9.17) is 5.11 Å². The molecule has 1 aromatic carbocycles. The predicted octanol–water partition coefficient (Wildman–Crippen LogP) is 2.47. The highest BCUT2D eigenvalue weighted by Gasteiger charge is 2.35. The number of nitrogens with one attached hydrogen (secondary N) is 1. The van der Waals surface area contributed by atoms with Gasteiger partial charge in [0, 0.05) is 6.04 Å². The van der Waals surface area contributed by atoms with Gasteiger partial charge in [-0.05, 0) is 50.8 Å². The monoisotopic (exact) mass is 293 g/mol. The number of amides is 1. The molecule has 0 saturated heterocycles. The normalized spacial score (nSPS) is 22.0. The number of carbonyl (C=O) groups excluding carboxylic acids is 1. The van der Waals surface area contributed by atoms with Crippen LogP contribution < -0.4 is 5.32 Å². The molecule has 0 unspecified atom stereocenters. The maximum Gasteiger partial charge on any atom is 0.306 e. The molecule has 2 atom stereocenters. The Hall–Kier alpha value is -1.91. The van der Waals surface area contributed by atoms with E-state index in [1.807, 2.05) is 0 Å².